The van der Waals surface area contributed by atoms with E-state index in [4.69, 9.17) is 0 Å². The van der Waals surface area contributed by atoms with E-state index in [2.05, 4.69) is 17.6 Å². The SMILES string of the molecule is C=c1cccc2c1=CC=NC=C2. The first-order chi connectivity index (χ1) is 5.88. The van der Waals surface area contributed by atoms with Crippen molar-refractivity contribution in [3.8, 4) is 0 Å². The number of fused-ring (bicyclic) bond motifs is 1. The highest BCUT2D eigenvalue weighted by atomic mass is 14.7. The fraction of sp³-hybridized carbons (Fsp3) is 0. The molecule has 1 aliphatic rings. The van der Waals surface area contributed by atoms with Crippen molar-refractivity contribution in [1.29, 1.82) is 0 Å². The Labute approximate surface area is 71.1 Å². The molecule has 1 heterocycles. The average Bonchev–Trinajstić information content (AvgIpc) is 2.30. The van der Waals surface area contributed by atoms with E-state index < -0.39 is 0 Å². The van der Waals surface area contributed by atoms with Gasteiger partial charge in [0.2, 0.25) is 0 Å². The van der Waals surface area contributed by atoms with Gasteiger partial charge in [0.1, 0.15) is 0 Å². The van der Waals surface area contributed by atoms with Gasteiger partial charge < -0.3 is 0 Å². The van der Waals surface area contributed by atoms with Crippen LogP contribution in [0, 0.1) is 0 Å². The van der Waals surface area contributed by atoms with Crippen LogP contribution in [0.1, 0.15) is 5.56 Å². The van der Waals surface area contributed by atoms with Gasteiger partial charge >= 0.3 is 0 Å². The summed E-state index contributed by atoms with van der Waals surface area (Å²) in [4.78, 5) is 4.04. The van der Waals surface area contributed by atoms with Crippen molar-refractivity contribution < 1.29 is 0 Å². The third kappa shape index (κ3) is 1.10. The number of hydrogen-bond acceptors (Lipinski definition) is 1. The van der Waals surface area contributed by atoms with Crippen molar-refractivity contribution in [1.82, 2.24) is 0 Å². The van der Waals surface area contributed by atoms with Crippen LogP contribution in [-0.4, -0.2) is 6.21 Å². The molecule has 0 radical (unpaired) electrons. The van der Waals surface area contributed by atoms with Crippen LogP contribution >= 0.6 is 0 Å². The fourth-order valence-corrected chi connectivity index (χ4v) is 1.27. The third-order valence-electron chi connectivity index (χ3n) is 1.90. The first-order valence-electron chi connectivity index (χ1n) is 3.86. The molecule has 0 bridgehead atoms. The molecule has 1 nitrogen and oxygen atoms in total. The van der Waals surface area contributed by atoms with Crippen LogP contribution in [0.15, 0.2) is 29.4 Å². The molecule has 0 saturated heterocycles. The minimum absolute atomic E-state index is 1.05. The van der Waals surface area contributed by atoms with E-state index in [-0.39, 0.29) is 0 Å². The number of hydrogen-bond donors (Lipinski definition) is 0. The zero-order valence-corrected chi connectivity index (χ0v) is 6.70. The molecule has 0 fully saturated rings. The van der Waals surface area contributed by atoms with Crippen molar-refractivity contribution in [3.05, 3.63) is 40.4 Å². The predicted octanol–water partition coefficient (Wildman–Crippen LogP) is 0.933. The lowest BCUT2D eigenvalue weighted by Crippen LogP contribution is -2.25. The molecule has 0 amide bonds. The van der Waals surface area contributed by atoms with E-state index in [0.29, 0.717) is 0 Å². The first kappa shape index (κ1) is 7.04. The lowest BCUT2D eigenvalue weighted by atomic mass is 10.1. The average molecular weight is 155 g/mol. The van der Waals surface area contributed by atoms with Crippen LogP contribution in [-0.2, 0) is 0 Å². The van der Waals surface area contributed by atoms with Crippen molar-refractivity contribution in [2.75, 3.05) is 0 Å². The summed E-state index contributed by atoms with van der Waals surface area (Å²) in [5, 5.41) is 2.21. The topological polar surface area (TPSA) is 12.4 Å². The van der Waals surface area contributed by atoms with Gasteiger partial charge in [-0.15, -0.1) is 0 Å². The fourth-order valence-electron chi connectivity index (χ4n) is 1.27. The highest BCUT2D eigenvalue weighted by Gasteiger charge is 1.91. The summed E-state index contributed by atoms with van der Waals surface area (Å²) in [6.07, 6.45) is 7.56. The molecule has 1 aromatic carbocycles. The monoisotopic (exact) mass is 155 g/mol. The van der Waals surface area contributed by atoms with Crippen LogP contribution in [0.3, 0.4) is 0 Å². The van der Waals surface area contributed by atoms with Crippen LogP contribution in [0.4, 0.5) is 0 Å². The lowest BCUT2D eigenvalue weighted by molar-refractivity contribution is 1.50. The molecule has 0 saturated carbocycles. The van der Waals surface area contributed by atoms with Gasteiger partial charge in [-0.25, -0.2) is 0 Å². The lowest BCUT2D eigenvalue weighted by Gasteiger charge is -1.92. The number of aliphatic imine (C=N–C) groups is 1. The van der Waals surface area contributed by atoms with Crippen LogP contribution in [0.25, 0.3) is 18.7 Å². The highest BCUT2D eigenvalue weighted by Crippen LogP contribution is 1.94. The number of rotatable bonds is 0. The Morgan fingerprint density at radius 1 is 1.25 bits per heavy atom. The summed E-state index contributed by atoms with van der Waals surface area (Å²) in [6, 6.07) is 6.07. The number of nitrogens with zero attached hydrogens (tertiary/aromatic N) is 1. The van der Waals surface area contributed by atoms with Gasteiger partial charge in [-0.3, -0.25) is 4.99 Å². The van der Waals surface area contributed by atoms with Gasteiger partial charge in [0.15, 0.2) is 0 Å². The van der Waals surface area contributed by atoms with Crippen LogP contribution < -0.4 is 10.4 Å². The second kappa shape index (κ2) is 2.78. The maximum atomic E-state index is 4.04. The normalized spacial score (nSPS) is 13.3. The first-order valence-corrected chi connectivity index (χ1v) is 3.86. The van der Waals surface area contributed by atoms with Gasteiger partial charge in [-0.1, -0.05) is 24.8 Å². The maximum absolute atomic E-state index is 4.04. The van der Waals surface area contributed by atoms with E-state index in [1.54, 1.807) is 12.4 Å². The van der Waals surface area contributed by atoms with Crippen LogP contribution in [0.5, 0.6) is 0 Å². The Morgan fingerprint density at radius 3 is 3.08 bits per heavy atom. The molecule has 0 spiro atoms. The highest BCUT2D eigenvalue weighted by molar-refractivity contribution is 5.92. The molecule has 0 aliphatic carbocycles. The molecule has 0 aromatic heterocycles. The van der Waals surface area contributed by atoms with E-state index in [0.717, 1.165) is 10.4 Å². The third-order valence-corrected chi connectivity index (χ3v) is 1.90. The van der Waals surface area contributed by atoms with Crippen LogP contribution in [0.2, 0.25) is 0 Å². The Bertz CT molecular complexity index is 452. The largest absolute Gasteiger partial charge is 0.265 e. The molecule has 0 unspecified atom stereocenters. The minimum Gasteiger partial charge on any atom is -0.265 e. The van der Waals surface area contributed by atoms with Crippen molar-refractivity contribution in [2.24, 2.45) is 4.99 Å². The van der Waals surface area contributed by atoms with Gasteiger partial charge in [0.05, 0.1) is 0 Å². The smallest absolute Gasteiger partial charge is 0.0274 e. The van der Waals surface area contributed by atoms with Gasteiger partial charge in [0.25, 0.3) is 0 Å². The van der Waals surface area contributed by atoms with Gasteiger partial charge in [0, 0.05) is 12.4 Å². The van der Waals surface area contributed by atoms with Crippen molar-refractivity contribution >= 4 is 24.9 Å². The maximum Gasteiger partial charge on any atom is 0.0274 e. The summed E-state index contributed by atoms with van der Waals surface area (Å²) in [6.45, 7) is 3.95. The molecular weight excluding hydrogens is 146 g/mol. The minimum atomic E-state index is 1.05. The van der Waals surface area contributed by atoms with Gasteiger partial charge in [-0.2, -0.15) is 0 Å². The Morgan fingerprint density at radius 2 is 2.17 bits per heavy atom. The molecule has 1 aromatic rings. The summed E-state index contributed by atoms with van der Waals surface area (Å²) >= 11 is 0. The summed E-state index contributed by atoms with van der Waals surface area (Å²) in [5.41, 5.74) is 1.18. The Balaban J connectivity index is 2.89. The molecule has 1 aliphatic heterocycles. The molecular formula is C11H9N. The molecule has 1 heteroatoms. The standard InChI is InChI=1S/C11H9N/c1-9-3-2-4-10-5-7-12-8-6-11(9)10/h2-8H,1H2. The summed E-state index contributed by atoms with van der Waals surface area (Å²) in [7, 11) is 0. The van der Waals surface area contributed by atoms with E-state index in [1.165, 1.54) is 5.56 Å². The predicted molar refractivity (Wildman–Crippen MR) is 53.2 cm³/mol. The molecule has 0 atom stereocenters. The molecule has 12 heavy (non-hydrogen) atoms. The summed E-state index contributed by atoms with van der Waals surface area (Å²) in [5.74, 6) is 0. The van der Waals surface area contributed by atoms with E-state index in [9.17, 15) is 0 Å². The van der Waals surface area contributed by atoms with E-state index >= 15 is 0 Å². The zero-order chi connectivity index (χ0) is 8.39. The van der Waals surface area contributed by atoms with Gasteiger partial charge in [-0.05, 0) is 28.2 Å². The second-order valence-electron chi connectivity index (χ2n) is 2.70. The molecule has 58 valence electrons. The quantitative estimate of drug-likeness (QED) is 0.528. The van der Waals surface area contributed by atoms with Crippen molar-refractivity contribution in [3.63, 3.8) is 0 Å². The zero-order valence-electron chi connectivity index (χ0n) is 6.70. The Kier molecular flexibility index (Phi) is 1.63. The Hall–Kier alpha value is -1.63. The number of benzene rings is 1. The van der Waals surface area contributed by atoms with Crippen molar-refractivity contribution in [2.45, 2.75) is 0 Å². The van der Waals surface area contributed by atoms with E-state index in [1.807, 2.05) is 24.3 Å². The molecule has 0 N–H and O–H groups in total. The summed E-state index contributed by atoms with van der Waals surface area (Å²) < 4.78 is 0. The molecule has 2 rings (SSSR count). The second-order valence-corrected chi connectivity index (χ2v) is 2.70.